The minimum absolute atomic E-state index is 0.0754. The largest absolute Gasteiger partial charge is 0.573 e. The van der Waals surface area contributed by atoms with Crippen molar-refractivity contribution in [2.75, 3.05) is 11.1 Å². The number of rotatable bonds is 7. The molecule has 186 valence electrons. The summed E-state index contributed by atoms with van der Waals surface area (Å²) in [5.74, 6) is -3.62. The fraction of sp³-hybridized carbons (Fsp3) is 0.235. The normalized spacial score (nSPS) is 16.8. The molecule has 2 N–H and O–H groups in total. The molecule has 2 aromatic carbocycles. The molecular weight excluding hydrogens is 514 g/mol. The van der Waals surface area contributed by atoms with Crippen molar-refractivity contribution in [3.05, 3.63) is 48.5 Å². The second-order valence-electron chi connectivity index (χ2n) is 7.00. The van der Waals surface area contributed by atoms with Crippen LogP contribution in [0.3, 0.4) is 0 Å². The average Bonchev–Trinajstić information content (AvgIpc) is 2.58. The summed E-state index contributed by atoms with van der Waals surface area (Å²) in [6.45, 7) is 0.690. The standard InChI is InChI=1S/C17H15F8NO5S2/c1-16(28,10-32(29,30)13-7-5-12(6-8-13)31-17(18,19)20)15(27)26-11-3-2-4-14(9-11)33(21,22,23,24)25/h2-9,28H,10H2,1H3,(H,26,27). The maximum atomic E-state index is 12.9. The highest BCUT2D eigenvalue weighted by Crippen LogP contribution is 3.02. The van der Waals surface area contributed by atoms with Gasteiger partial charge in [-0.15, -0.1) is 13.2 Å². The molecular formula is C17H15F8NO5S2. The van der Waals surface area contributed by atoms with E-state index in [0.29, 0.717) is 37.3 Å². The molecule has 0 aliphatic heterocycles. The molecule has 1 unspecified atom stereocenters. The number of amides is 1. The number of carbonyl (C=O) groups is 1. The maximum absolute atomic E-state index is 12.9. The molecule has 0 saturated heterocycles. The van der Waals surface area contributed by atoms with E-state index < -0.39 is 64.9 Å². The molecule has 0 bridgehead atoms. The third-order valence-corrected chi connectivity index (χ3v) is 6.99. The molecule has 0 fully saturated rings. The van der Waals surface area contributed by atoms with Gasteiger partial charge in [-0.25, -0.2) is 8.42 Å². The van der Waals surface area contributed by atoms with Gasteiger partial charge in [0.1, 0.15) is 10.6 Å². The highest BCUT2D eigenvalue weighted by molar-refractivity contribution is 8.45. The van der Waals surface area contributed by atoms with Crippen LogP contribution in [0.5, 0.6) is 5.75 Å². The lowest BCUT2D eigenvalue weighted by Gasteiger charge is -2.40. The molecule has 2 aromatic rings. The minimum Gasteiger partial charge on any atom is -0.406 e. The molecule has 0 aliphatic carbocycles. The zero-order chi connectivity index (χ0) is 25.6. The Labute approximate surface area is 181 Å². The molecule has 0 radical (unpaired) electrons. The van der Waals surface area contributed by atoms with E-state index in [1.165, 1.54) is 0 Å². The fourth-order valence-corrected chi connectivity index (χ4v) is 4.72. The van der Waals surface area contributed by atoms with Gasteiger partial charge in [0.25, 0.3) is 5.91 Å². The van der Waals surface area contributed by atoms with Gasteiger partial charge < -0.3 is 15.2 Å². The van der Waals surface area contributed by atoms with Gasteiger partial charge in [-0.3, -0.25) is 4.79 Å². The van der Waals surface area contributed by atoms with E-state index in [-0.39, 0.29) is 12.1 Å². The van der Waals surface area contributed by atoms with E-state index in [1.54, 1.807) is 5.32 Å². The predicted molar refractivity (Wildman–Crippen MR) is 102 cm³/mol. The number of benzene rings is 2. The zero-order valence-electron chi connectivity index (χ0n) is 16.2. The number of hydrogen-bond donors (Lipinski definition) is 2. The lowest BCUT2D eigenvalue weighted by Crippen LogP contribution is -2.45. The lowest BCUT2D eigenvalue weighted by atomic mass is 10.1. The Kier molecular flexibility index (Phi) is 6.03. The summed E-state index contributed by atoms with van der Waals surface area (Å²) in [7, 11) is -14.6. The second kappa shape index (κ2) is 7.46. The van der Waals surface area contributed by atoms with Crippen molar-refractivity contribution in [3.63, 3.8) is 0 Å². The monoisotopic (exact) mass is 529 g/mol. The van der Waals surface area contributed by atoms with Gasteiger partial charge >= 0.3 is 16.6 Å². The maximum Gasteiger partial charge on any atom is 0.573 e. The van der Waals surface area contributed by atoms with E-state index in [2.05, 4.69) is 4.74 Å². The Hall–Kier alpha value is -2.59. The summed E-state index contributed by atoms with van der Waals surface area (Å²) < 4.78 is 130. The first-order chi connectivity index (χ1) is 14.5. The smallest absolute Gasteiger partial charge is 0.406 e. The van der Waals surface area contributed by atoms with Crippen LogP contribution >= 0.6 is 10.2 Å². The summed E-state index contributed by atoms with van der Waals surface area (Å²) in [5.41, 5.74) is -3.57. The molecule has 6 nitrogen and oxygen atoms in total. The van der Waals surface area contributed by atoms with Gasteiger partial charge in [-0.2, -0.15) is 0 Å². The first-order valence-corrected chi connectivity index (χ1v) is 12.1. The molecule has 33 heavy (non-hydrogen) atoms. The van der Waals surface area contributed by atoms with Crippen molar-refractivity contribution in [2.24, 2.45) is 0 Å². The number of anilines is 1. The average molecular weight is 529 g/mol. The topological polar surface area (TPSA) is 92.7 Å². The van der Waals surface area contributed by atoms with Gasteiger partial charge in [0.15, 0.2) is 15.4 Å². The number of carbonyl (C=O) groups excluding carboxylic acids is 1. The minimum atomic E-state index is -10.1. The second-order valence-corrected chi connectivity index (χ2v) is 11.4. The van der Waals surface area contributed by atoms with Crippen molar-refractivity contribution >= 4 is 31.7 Å². The van der Waals surface area contributed by atoms with Crippen LogP contribution in [-0.4, -0.2) is 37.1 Å². The molecule has 1 amide bonds. The Morgan fingerprint density at radius 1 is 1.03 bits per heavy atom. The summed E-state index contributed by atoms with van der Waals surface area (Å²) in [5, 5.41) is 12.0. The first-order valence-electron chi connectivity index (χ1n) is 8.45. The molecule has 16 heteroatoms. The van der Waals surface area contributed by atoms with Crippen LogP contribution in [0.1, 0.15) is 6.92 Å². The van der Waals surface area contributed by atoms with E-state index in [0.717, 1.165) is 6.07 Å². The van der Waals surface area contributed by atoms with Crippen LogP contribution < -0.4 is 10.1 Å². The van der Waals surface area contributed by atoms with E-state index in [1.807, 2.05) is 0 Å². The third kappa shape index (κ3) is 7.46. The Bertz CT molecular complexity index is 1160. The van der Waals surface area contributed by atoms with Gasteiger partial charge in [0, 0.05) is 5.69 Å². The lowest BCUT2D eigenvalue weighted by molar-refractivity contribution is -0.274. The quantitative estimate of drug-likeness (QED) is 0.469. The molecule has 0 saturated carbocycles. The number of nitrogens with one attached hydrogen (secondary N) is 1. The highest BCUT2D eigenvalue weighted by Gasteiger charge is 2.65. The molecule has 0 aromatic heterocycles. The van der Waals surface area contributed by atoms with Crippen molar-refractivity contribution in [2.45, 2.75) is 28.7 Å². The number of ether oxygens (including phenoxy) is 1. The van der Waals surface area contributed by atoms with E-state index in [9.17, 15) is 50.9 Å². The third-order valence-electron chi connectivity index (χ3n) is 3.91. The highest BCUT2D eigenvalue weighted by atomic mass is 32.5. The first kappa shape index (κ1) is 26.7. The van der Waals surface area contributed by atoms with Gasteiger partial charge in [0.2, 0.25) is 0 Å². The fourth-order valence-electron chi connectivity index (χ4n) is 2.45. The number of halogens is 8. The van der Waals surface area contributed by atoms with Crippen LogP contribution in [0.2, 0.25) is 0 Å². The zero-order valence-corrected chi connectivity index (χ0v) is 17.9. The van der Waals surface area contributed by atoms with Crippen molar-refractivity contribution in [1.29, 1.82) is 0 Å². The summed E-state index contributed by atoms with van der Waals surface area (Å²) in [6.07, 6.45) is -5.03. The molecule has 1 atom stereocenters. The van der Waals surface area contributed by atoms with Gasteiger partial charge in [0.05, 0.1) is 10.6 Å². The summed E-state index contributed by atoms with van der Waals surface area (Å²) >= 11 is 0. The van der Waals surface area contributed by atoms with Gasteiger partial charge in [-0.1, -0.05) is 25.5 Å². The Morgan fingerprint density at radius 2 is 1.58 bits per heavy atom. The van der Waals surface area contributed by atoms with Crippen LogP contribution in [0.15, 0.2) is 58.3 Å². The number of hydrogen-bond acceptors (Lipinski definition) is 5. The predicted octanol–water partition coefficient (Wildman–Crippen LogP) is 5.41. The number of alkyl halides is 3. The molecule has 2 rings (SSSR count). The van der Waals surface area contributed by atoms with Crippen molar-refractivity contribution in [3.8, 4) is 5.75 Å². The van der Waals surface area contributed by atoms with E-state index >= 15 is 0 Å². The summed E-state index contributed by atoms with van der Waals surface area (Å²) in [6, 6.07) is 4.12. The van der Waals surface area contributed by atoms with Gasteiger partial charge in [-0.05, 0) is 49.4 Å². The molecule has 0 spiro atoms. The Morgan fingerprint density at radius 3 is 2.06 bits per heavy atom. The van der Waals surface area contributed by atoms with Crippen molar-refractivity contribution < 1.29 is 55.7 Å². The molecule has 0 aliphatic rings. The number of sulfone groups is 1. The SMILES string of the molecule is CC(O)(CS(=O)(=O)c1ccc(OC(F)(F)F)cc1)C(=O)Nc1cccc(S(F)(F)(F)(F)F)c1. The molecule has 0 heterocycles. The summed E-state index contributed by atoms with van der Waals surface area (Å²) in [4.78, 5) is 9.32. The van der Waals surface area contributed by atoms with Crippen LogP contribution in [0.4, 0.5) is 38.3 Å². The van der Waals surface area contributed by atoms with Crippen LogP contribution in [0, 0.1) is 0 Å². The van der Waals surface area contributed by atoms with Crippen LogP contribution in [-0.2, 0) is 14.6 Å². The number of aliphatic hydroxyl groups is 1. The van der Waals surface area contributed by atoms with Crippen LogP contribution in [0.25, 0.3) is 0 Å². The van der Waals surface area contributed by atoms with E-state index in [4.69, 9.17) is 0 Å². The Balaban J connectivity index is 2.21. The van der Waals surface area contributed by atoms with Crippen molar-refractivity contribution in [1.82, 2.24) is 0 Å².